The van der Waals surface area contributed by atoms with Gasteiger partial charge in [-0.1, -0.05) is 24.3 Å². The summed E-state index contributed by atoms with van der Waals surface area (Å²) >= 11 is 0. The molecule has 1 aromatic rings. The van der Waals surface area contributed by atoms with Crippen molar-refractivity contribution in [3.8, 4) is 0 Å². The first kappa shape index (κ1) is 20.4. The van der Waals surface area contributed by atoms with Gasteiger partial charge in [0.25, 0.3) is 0 Å². The SMILES string of the molecule is CN(C)CCN1CC2(CCCN(C(=O)CN3Cc4ccccc4C3)C2)CCC1=O. The Bertz CT molecular complexity index is 740. The molecule has 0 N–H and O–H groups in total. The van der Waals surface area contributed by atoms with Gasteiger partial charge in [0.15, 0.2) is 0 Å². The Hall–Kier alpha value is -1.92. The number of piperidine rings is 2. The van der Waals surface area contributed by atoms with Crippen molar-refractivity contribution in [1.29, 1.82) is 0 Å². The van der Waals surface area contributed by atoms with E-state index in [0.717, 1.165) is 65.1 Å². The number of carbonyl (C=O) groups is 2. The maximum atomic E-state index is 13.1. The topological polar surface area (TPSA) is 47.1 Å². The molecule has 3 heterocycles. The zero-order chi connectivity index (χ0) is 20.4. The van der Waals surface area contributed by atoms with Crippen molar-refractivity contribution in [3.63, 3.8) is 0 Å². The van der Waals surface area contributed by atoms with E-state index in [-0.39, 0.29) is 17.2 Å². The predicted octanol–water partition coefficient (Wildman–Crippen LogP) is 1.80. The number of likely N-dealkylation sites (N-methyl/N-ethyl adjacent to an activating group) is 1. The Morgan fingerprint density at radius 1 is 1.10 bits per heavy atom. The summed E-state index contributed by atoms with van der Waals surface area (Å²) in [4.78, 5) is 34.0. The van der Waals surface area contributed by atoms with Crippen LogP contribution in [0.4, 0.5) is 0 Å². The minimum atomic E-state index is 0.0854. The van der Waals surface area contributed by atoms with Gasteiger partial charge in [-0.05, 0) is 44.5 Å². The van der Waals surface area contributed by atoms with E-state index >= 15 is 0 Å². The number of rotatable bonds is 5. The van der Waals surface area contributed by atoms with Crippen molar-refractivity contribution in [2.45, 2.75) is 38.8 Å². The van der Waals surface area contributed by atoms with Gasteiger partial charge in [0, 0.05) is 57.6 Å². The minimum absolute atomic E-state index is 0.0854. The lowest BCUT2D eigenvalue weighted by Crippen LogP contribution is -2.56. The van der Waals surface area contributed by atoms with Crippen LogP contribution < -0.4 is 0 Å². The number of likely N-dealkylation sites (tertiary alicyclic amines) is 2. The zero-order valence-corrected chi connectivity index (χ0v) is 17.9. The fourth-order valence-corrected chi connectivity index (χ4v) is 5.19. The van der Waals surface area contributed by atoms with E-state index in [0.29, 0.717) is 13.0 Å². The van der Waals surface area contributed by atoms with E-state index in [9.17, 15) is 9.59 Å². The molecule has 1 aromatic carbocycles. The van der Waals surface area contributed by atoms with Crippen LogP contribution in [0.25, 0.3) is 0 Å². The van der Waals surface area contributed by atoms with E-state index < -0.39 is 0 Å². The highest BCUT2D eigenvalue weighted by atomic mass is 16.2. The molecule has 6 nitrogen and oxygen atoms in total. The fourth-order valence-electron chi connectivity index (χ4n) is 5.19. The summed E-state index contributed by atoms with van der Waals surface area (Å²) in [7, 11) is 4.09. The molecule has 2 fully saturated rings. The van der Waals surface area contributed by atoms with Crippen LogP contribution in [0.2, 0.25) is 0 Å². The average molecular weight is 399 g/mol. The Morgan fingerprint density at radius 3 is 2.52 bits per heavy atom. The van der Waals surface area contributed by atoms with Crippen LogP contribution in [0.1, 0.15) is 36.8 Å². The Morgan fingerprint density at radius 2 is 1.83 bits per heavy atom. The molecular weight excluding hydrogens is 364 g/mol. The number of nitrogens with zero attached hydrogens (tertiary/aromatic N) is 4. The Kier molecular flexibility index (Phi) is 5.93. The lowest BCUT2D eigenvalue weighted by molar-refractivity contribution is -0.143. The van der Waals surface area contributed by atoms with Gasteiger partial charge in [-0.25, -0.2) is 0 Å². The number of fused-ring (bicyclic) bond motifs is 1. The van der Waals surface area contributed by atoms with Gasteiger partial charge in [0.05, 0.1) is 6.54 Å². The summed E-state index contributed by atoms with van der Waals surface area (Å²) in [5.41, 5.74) is 2.78. The van der Waals surface area contributed by atoms with Gasteiger partial charge in [0.1, 0.15) is 0 Å². The van der Waals surface area contributed by atoms with Crippen LogP contribution in [-0.4, -0.2) is 84.8 Å². The standard InChI is InChI=1S/C23H34N4O2/c1-24(2)12-13-27-18-23(10-8-21(27)28)9-5-11-26(17-23)22(29)16-25-14-19-6-3-4-7-20(19)15-25/h3-4,6-7H,5,8-18H2,1-2H3. The number of hydrogen-bond donors (Lipinski definition) is 0. The normalized spacial score (nSPS) is 25.1. The lowest BCUT2D eigenvalue weighted by atomic mass is 9.73. The summed E-state index contributed by atoms with van der Waals surface area (Å²) in [6.45, 7) is 6.37. The highest BCUT2D eigenvalue weighted by Gasteiger charge is 2.42. The quantitative estimate of drug-likeness (QED) is 0.759. The van der Waals surface area contributed by atoms with Gasteiger partial charge in [-0.3, -0.25) is 14.5 Å². The molecular formula is C23H34N4O2. The van der Waals surface area contributed by atoms with Crippen LogP contribution in [-0.2, 0) is 22.7 Å². The second-order valence-electron chi connectivity index (χ2n) is 9.45. The molecule has 1 spiro atoms. The van der Waals surface area contributed by atoms with Gasteiger partial charge in [-0.2, -0.15) is 0 Å². The molecule has 2 saturated heterocycles. The monoisotopic (exact) mass is 398 g/mol. The third-order valence-corrected chi connectivity index (χ3v) is 6.84. The molecule has 0 aliphatic carbocycles. The predicted molar refractivity (Wildman–Crippen MR) is 113 cm³/mol. The summed E-state index contributed by atoms with van der Waals surface area (Å²) in [5, 5.41) is 0. The molecule has 0 aromatic heterocycles. The van der Waals surface area contributed by atoms with Gasteiger partial charge in [-0.15, -0.1) is 0 Å². The number of amides is 2. The second-order valence-corrected chi connectivity index (χ2v) is 9.45. The third kappa shape index (κ3) is 4.64. The van der Waals surface area contributed by atoms with Crippen LogP contribution in [0, 0.1) is 5.41 Å². The van der Waals surface area contributed by atoms with E-state index in [1.807, 2.05) is 19.0 Å². The van der Waals surface area contributed by atoms with E-state index in [4.69, 9.17) is 0 Å². The molecule has 4 rings (SSSR count). The van der Waals surface area contributed by atoms with E-state index in [1.165, 1.54) is 11.1 Å². The molecule has 0 saturated carbocycles. The Labute approximate surface area is 174 Å². The first-order valence-electron chi connectivity index (χ1n) is 10.9. The van der Waals surface area contributed by atoms with E-state index in [2.05, 4.69) is 39.0 Å². The van der Waals surface area contributed by atoms with Gasteiger partial charge in [0.2, 0.25) is 11.8 Å². The molecule has 3 aliphatic rings. The molecule has 0 bridgehead atoms. The Balaban J connectivity index is 1.35. The summed E-state index contributed by atoms with van der Waals surface area (Å²) in [6.07, 6.45) is 3.71. The number of carbonyl (C=O) groups excluding carboxylic acids is 2. The minimum Gasteiger partial charge on any atom is -0.341 e. The highest BCUT2D eigenvalue weighted by molar-refractivity contribution is 5.79. The first-order valence-corrected chi connectivity index (χ1v) is 10.9. The molecule has 0 radical (unpaired) electrons. The average Bonchev–Trinajstić information content (AvgIpc) is 3.11. The molecule has 158 valence electrons. The van der Waals surface area contributed by atoms with Gasteiger partial charge >= 0.3 is 0 Å². The van der Waals surface area contributed by atoms with Crippen LogP contribution in [0.3, 0.4) is 0 Å². The van der Waals surface area contributed by atoms with Crippen molar-refractivity contribution in [2.75, 3.05) is 53.4 Å². The molecule has 2 amide bonds. The largest absolute Gasteiger partial charge is 0.341 e. The highest BCUT2D eigenvalue weighted by Crippen LogP contribution is 2.39. The van der Waals surface area contributed by atoms with Crippen LogP contribution >= 0.6 is 0 Å². The third-order valence-electron chi connectivity index (χ3n) is 6.84. The number of hydrogen-bond acceptors (Lipinski definition) is 4. The summed E-state index contributed by atoms with van der Waals surface area (Å²) in [5.74, 6) is 0.518. The molecule has 6 heteroatoms. The molecule has 29 heavy (non-hydrogen) atoms. The fraction of sp³-hybridized carbons (Fsp3) is 0.652. The molecule has 1 atom stereocenters. The summed E-state index contributed by atoms with van der Waals surface area (Å²) in [6, 6.07) is 8.48. The van der Waals surface area contributed by atoms with Crippen molar-refractivity contribution >= 4 is 11.8 Å². The maximum absolute atomic E-state index is 13.1. The second kappa shape index (κ2) is 8.44. The van der Waals surface area contributed by atoms with Crippen molar-refractivity contribution in [3.05, 3.63) is 35.4 Å². The molecule has 1 unspecified atom stereocenters. The smallest absolute Gasteiger partial charge is 0.236 e. The number of benzene rings is 1. The first-order chi connectivity index (χ1) is 13.9. The van der Waals surface area contributed by atoms with Gasteiger partial charge < -0.3 is 14.7 Å². The lowest BCUT2D eigenvalue weighted by Gasteiger charge is -2.48. The zero-order valence-electron chi connectivity index (χ0n) is 17.9. The van der Waals surface area contributed by atoms with Crippen LogP contribution in [0.15, 0.2) is 24.3 Å². The maximum Gasteiger partial charge on any atom is 0.236 e. The van der Waals surface area contributed by atoms with Crippen molar-refractivity contribution < 1.29 is 9.59 Å². The van der Waals surface area contributed by atoms with E-state index in [1.54, 1.807) is 0 Å². The van der Waals surface area contributed by atoms with Crippen LogP contribution in [0.5, 0.6) is 0 Å². The van der Waals surface area contributed by atoms with Crippen molar-refractivity contribution in [2.24, 2.45) is 5.41 Å². The molecule has 3 aliphatic heterocycles. The van der Waals surface area contributed by atoms with Crippen molar-refractivity contribution in [1.82, 2.24) is 19.6 Å². The summed E-state index contributed by atoms with van der Waals surface area (Å²) < 4.78 is 0.